The number of rotatable bonds is 5. The summed E-state index contributed by atoms with van der Waals surface area (Å²) in [6.07, 6.45) is 3.73. The summed E-state index contributed by atoms with van der Waals surface area (Å²) in [5, 5.41) is 6.94. The number of fused-ring (bicyclic) bond motifs is 1. The van der Waals surface area contributed by atoms with Gasteiger partial charge in [0, 0.05) is 12.6 Å². The average molecular weight is 419 g/mol. The molecule has 1 saturated heterocycles. The summed E-state index contributed by atoms with van der Waals surface area (Å²) in [5.41, 5.74) is 1.13. The molecular weight excluding hydrogens is 395 g/mol. The van der Waals surface area contributed by atoms with E-state index in [9.17, 15) is 13.2 Å². The quantitative estimate of drug-likeness (QED) is 0.752. The zero-order chi connectivity index (χ0) is 21.1. The predicted molar refractivity (Wildman–Crippen MR) is 106 cm³/mol. The van der Waals surface area contributed by atoms with Crippen LogP contribution < -0.4 is 10.1 Å². The second kappa shape index (κ2) is 8.56. The van der Waals surface area contributed by atoms with Gasteiger partial charge in [0.1, 0.15) is 18.7 Å². The first-order valence-electron chi connectivity index (χ1n) is 10.0. The third-order valence-corrected chi connectivity index (χ3v) is 5.87. The predicted octanol–water partition coefficient (Wildman–Crippen LogP) is 3.49. The van der Waals surface area contributed by atoms with Crippen LogP contribution in [0.4, 0.5) is 19.1 Å². The SMILES string of the molecule is C#CCOc1cccc(CN2CCC([C@@H]3C[C@H](C(F)(F)F)n4ncnc4N3)CC2)c1. The van der Waals surface area contributed by atoms with Crippen LogP contribution in [0.1, 0.15) is 30.9 Å². The maximum atomic E-state index is 13.5. The van der Waals surface area contributed by atoms with Crippen molar-refractivity contribution < 1.29 is 17.9 Å². The lowest BCUT2D eigenvalue weighted by molar-refractivity contribution is -0.174. The lowest BCUT2D eigenvalue weighted by Gasteiger charge is -2.40. The summed E-state index contributed by atoms with van der Waals surface area (Å²) in [6.45, 7) is 2.68. The van der Waals surface area contributed by atoms with Crippen molar-refractivity contribution in [1.82, 2.24) is 19.7 Å². The van der Waals surface area contributed by atoms with Crippen LogP contribution in [0.3, 0.4) is 0 Å². The Balaban J connectivity index is 1.34. The van der Waals surface area contributed by atoms with Gasteiger partial charge in [-0.05, 0) is 56.0 Å². The summed E-state index contributed by atoms with van der Waals surface area (Å²) in [4.78, 5) is 6.29. The molecule has 3 heterocycles. The van der Waals surface area contributed by atoms with E-state index in [1.54, 1.807) is 0 Å². The highest BCUT2D eigenvalue weighted by Gasteiger charge is 2.47. The number of benzene rings is 1. The zero-order valence-corrected chi connectivity index (χ0v) is 16.5. The van der Waals surface area contributed by atoms with Gasteiger partial charge >= 0.3 is 6.18 Å². The summed E-state index contributed by atoms with van der Waals surface area (Å²) in [5.74, 6) is 3.57. The lowest BCUT2D eigenvalue weighted by atomic mass is 9.85. The first kappa shape index (κ1) is 20.5. The summed E-state index contributed by atoms with van der Waals surface area (Å²) < 4.78 is 47.0. The number of piperidine rings is 1. The van der Waals surface area contributed by atoms with Crippen LogP contribution in [-0.2, 0) is 6.54 Å². The standard InChI is InChI=1S/C21H24F3N5O/c1-2-10-30-17-5-3-4-15(11-17)13-28-8-6-16(7-9-28)18-12-19(21(22,23)24)29-20(27-18)25-14-26-29/h1,3-5,11,14,16,18-19H,6-10,12-13H2,(H,25,26,27)/t18-,19+/m0/s1. The van der Waals surface area contributed by atoms with Crippen molar-refractivity contribution in [2.75, 3.05) is 25.0 Å². The first-order chi connectivity index (χ1) is 14.4. The molecule has 0 amide bonds. The monoisotopic (exact) mass is 419 g/mol. The fourth-order valence-electron chi connectivity index (χ4n) is 4.36. The Hall–Kier alpha value is -2.73. The number of halogens is 3. The number of terminal acetylenes is 1. The van der Waals surface area contributed by atoms with E-state index in [0.29, 0.717) is 0 Å². The van der Waals surface area contributed by atoms with Crippen molar-refractivity contribution >= 4 is 5.95 Å². The van der Waals surface area contributed by atoms with E-state index in [0.717, 1.165) is 48.5 Å². The number of ether oxygens (including phenoxy) is 1. The molecule has 2 aliphatic heterocycles. The maximum Gasteiger partial charge on any atom is 0.411 e. The van der Waals surface area contributed by atoms with Crippen molar-refractivity contribution in [2.24, 2.45) is 5.92 Å². The van der Waals surface area contributed by atoms with Gasteiger partial charge < -0.3 is 10.1 Å². The highest BCUT2D eigenvalue weighted by molar-refractivity contribution is 5.30. The van der Waals surface area contributed by atoms with Gasteiger partial charge in [0.2, 0.25) is 5.95 Å². The molecule has 30 heavy (non-hydrogen) atoms. The molecular formula is C21H24F3N5O. The minimum Gasteiger partial charge on any atom is -0.481 e. The van der Waals surface area contributed by atoms with Crippen LogP contribution in [0.15, 0.2) is 30.6 Å². The Kier molecular flexibility index (Phi) is 5.86. The minimum atomic E-state index is -4.34. The topological polar surface area (TPSA) is 55.2 Å². The molecule has 4 rings (SSSR count). The Morgan fingerprint density at radius 3 is 2.80 bits per heavy atom. The molecule has 1 aromatic heterocycles. The van der Waals surface area contributed by atoms with E-state index in [-0.39, 0.29) is 30.9 Å². The number of nitrogens with one attached hydrogen (secondary N) is 1. The maximum absolute atomic E-state index is 13.5. The molecule has 0 radical (unpaired) electrons. The van der Waals surface area contributed by atoms with E-state index >= 15 is 0 Å². The molecule has 0 saturated carbocycles. The smallest absolute Gasteiger partial charge is 0.411 e. The van der Waals surface area contributed by atoms with E-state index in [1.165, 1.54) is 6.33 Å². The number of hydrogen-bond donors (Lipinski definition) is 1. The Bertz CT molecular complexity index is 899. The third kappa shape index (κ3) is 4.54. The molecule has 2 atom stereocenters. The van der Waals surface area contributed by atoms with Crippen LogP contribution in [0.25, 0.3) is 0 Å². The highest BCUT2D eigenvalue weighted by Crippen LogP contribution is 2.41. The fraction of sp³-hybridized carbons (Fsp3) is 0.524. The van der Waals surface area contributed by atoms with Crippen molar-refractivity contribution in [1.29, 1.82) is 0 Å². The summed E-state index contributed by atoms with van der Waals surface area (Å²) in [6, 6.07) is 5.96. The van der Waals surface area contributed by atoms with Crippen molar-refractivity contribution in [3.8, 4) is 18.1 Å². The molecule has 1 aromatic carbocycles. The Labute approximate surface area is 173 Å². The van der Waals surface area contributed by atoms with E-state index in [4.69, 9.17) is 11.2 Å². The number of anilines is 1. The number of likely N-dealkylation sites (tertiary alicyclic amines) is 1. The minimum absolute atomic E-state index is 0.0148. The van der Waals surface area contributed by atoms with Gasteiger partial charge in [-0.2, -0.15) is 23.3 Å². The van der Waals surface area contributed by atoms with Gasteiger partial charge in [0.25, 0.3) is 0 Å². The van der Waals surface area contributed by atoms with Crippen LogP contribution in [0.2, 0.25) is 0 Å². The molecule has 2 aromatic rings. The molecule has 1 fully saturated rings. The normalized spacial score (nSPS) is 22.7. The third-order valence-electron chi connectivity index (χ3n) is 5.87. The van der Waals surface area contributed by atoms with Crippen molar-refractivity contribution in [3.63, 3.8) is 0 Å². The number of alkyl halides is 3. The molecule has 1 N–H and O–H groups in total. The fourth-order valence-corrected chi connectivity index (χ4v) is 4.36. The summed E-state index contributed by atoms with van der Waals surface area (Å²) in [7, 11) is 0. The Morgan fingerprint density at radius 1 is 1.27 bits per heavy atom. The largest absolute Gasteiger partial charge is 0.481 e. The second-order valence-electron chi connectivity index (χ2n) is 7.83. The molecule has 0 bridgehead atoms. The number of hydrogen-bond acceptors (Lipinski definition) is 5. The molecule has 9 heteroatoms. The van der Waals surface area contributed by atoms with E-state index in [1.807, 2.05) is 24.3 Å². The first-order valence-corrected chi connectivity index (χ1v) is 10.0. The highest BCUT2D eigenvalue weighted by atomic mass is 19.4. The molecule has 0 unspecified atom stereocenters. The van der Waals surface area contributed by atoms with Crippen LogP contribution in [0, 0.1) is 18.3 Å². The van der Waals surface area contributed by atoms with Gasteiger partial charge in [-0.3, -0.25) is 4.90 Å². The van der Waals surface area contributed by atoms with Gasteiger partial charge in [-0.15, -0.1) is 6.42 Å². The second-order valence-corrected chi connectivity index (χ2v) is 7.83. The van der Waals surface area contributed by atoms with Crippen LogP contribution in [-0.4, -0.2) is 51.6 Å². The summed E-state index contributed by atoms with van der Waals surface area (Å²) >= 11 is 0. The van der Waals surface area contributed by atoms with E-state index in [2.05, 4.69) is 26.2 Å². The molecule has 0 aliphatic carbocycles. The molecule has 0 spiro atoms. The van der Waals surface area contributed by atoms with Gasteiger partial charge in [0.15, 0.2) is 6.04 Å². The average Bonchev–Trinajstić information content (AvgIpc) is 3.20. The Morgan fingerprint density at radius 2 is 2.07 bits per heavy atom. The van der Waals surface area contributed by atoms with E-state index < -0.39 is 12.2 Å². The lowest BCUT2D eigenvalue weighted by Crippen LogP contribution is -2.46. The molecule has 6 nitrogen and oxygen atoms in total. The van der Waals surface area contributed by atoms with Crippen LogP contribution in [0.5, 0.6) is 5.75 Å². The van der Waals surface area contributed by atoms with Gasteiger partial charge in [-0.1, -0.05) is 18.1 Å². The number of aromatic nitrogens is 3. The van der Waals surface area contributed by atoms with Crippen molar-refractivity contribution in [2.45, 2.75) is 44.1 Å². The molecule has 2 aliphatic rings. The number of nitrogens with zero attached hydrogens (tertiary/aromatic N) is 4. The zero-order valence-electron chi connectivity index (χ0n) is 16.5. The van der Waals surface area contributed by atoms with Crippen LogP contribution >= 0.6 is 0 Å². The van der Waals surface area contributed by atoms with Gasteiger partial charge in [0.05, 0.1) is 0 Å². The van der Waals surface area contributed by atoms with Gasteiger partial charge in [-0.25, -0.2) is 4.68 Å². The molecule has 160 valence electrons. The van der Waals surface area contributed by atoms with Crippen molar-refractivity contribution in [3.05, 3.63) is 36.2 Å².